The predicted molar refractivity (Wildman–Crippen MR) is 335 cm³/mol. The highest BCUT2D eigenvalue weighted by Crippen LogP contribution is 2.45. The molecule has 9 aromatic carbocycles. The number of para-hydroxylation sites is 4. The molecule has 3 aromatic heterocycles. The van der Waals surface area contributed by atoms with E-state index in [1.807, 2.05) is 12.1 Å². The summed E-state index contributed by atoms with van der Waals surface area (Å²) in [4.78, 5) is 16.7. The van der Waals surface area contributed by atoms with Crippen molar-refractivity contribution in [2.24, 2.45) is 0 Å². The normalized spacial score (nSPS) is 12.5. The summed E-state index contributed by atoms with van der Waals surface area (Å²) >= 11 is 0. The van der Waals surface area contributed by atoms with Crippen LogP contribution < -0.4 is 0 Å². The molecule has 3 heterocycles. The van der Waals surface area contributed by atoms with Crippen molar-refractivity contribution in [2.75, 3.05) is 0 Å². The summed E-state index contributed by atoms with van der Waals surface area (Å²) < 4.78 is 4.85. The van der Waals surface area contributed by atoms with Gasteiger partial charge in [0, 0.05) is 49.4 Å². The van der Waals surface area contributed by atoms with Crippen molar-refractivity contribution >= 4 is 43.6 Å². The van der Waals surface area contributed by atoms with Crippen molar-refractivity contribution in [2.45, 2.75) is 105 Å². The Hall–Kier alpha value is -8.92. The smallest absolute Gasteiger partial charge is 0.164 e. The molecule has 0 unspecified atom stereocenters. The van der Waals surface area contributed by atoms with Crippen molar-refractivity contribution in [3.05, 3.63) is 222 Å². The van der Waals surface area contributed by atoms with Gasteiger partial charge in [0.1, 0.15) is 0 Å². The third-order valence-electron chi connectivity index (χ3n) is 16.0. The molecule has 6 nitrogen and oxygen atoms in total. The Balaban J connectivity index is 1.21. The van der Waals surface area contributed by atoms with Crippen LogP contribution in [0.2, 0.25) is 0 Å². The van der Waals surface area contributed by atoms with E-state index in [9.17, 15) is 5.26 Å². The predicted octanol–water partition coefficient (Wildman–Crippen LogP) is 19.5. The molecule has 0 spiro atoms. The van der Waals surface area contributed by atoms with Crippen molar-refractivity contribution in [3.63, 3.8) is 0 Å². The van der Waals surface area contributed by atoms with Crippen molar-refractivity contribution in [3.8, 4) is 73.9 Å². The molecule has 0 bridgehead atoms. The summed E-state index contributed by atoms with van der Waals surface area (Å²) in [6, 6.07) is 72.5. The van der Waals surface area contributed by atoms with Gasteiger partial charge in [-0.25, -0.2) is 15.0 Å². The number of hydrogen-bond donors (Lipinski definition) is 0. The third kappa shape index (κ3) is 9.35. The molecule has 0 aliphatic carbocycles. The van der Waals surface area contributed by atoms with Gasteiger partial charge in [0.05, 0.1) is 45.1 Å². The van der Waals surface area contributed by atoms with Gasteiger partial charge in [-0.05, 0) is 146 Å². The molecule has 0 aliphatic rings. The van der Waals surface area contributed by atoms with Gasteiger partial charge >= 0.3 is 0 Å². The van der Waals surface area contributed by atoms with Crippen LogP contribution in [0.15, 0.2) is 194 Å². The van der Waals surface area contributed by atoms with E-state index in [1.54, 1.807) is 0 Å². The molecule has 12 rings (SSSR count). The van der Waals surface area contributed by atoms with E-state index in [-0.39, 0.29) is 21.7 Å². The van der Waals surface area contributed by atoms with Gasteiger partial charge in [0.15, 0.2) is 17.5 Å². The van der Waals surface area contributed by atoms with E-state index in [4.69, 9.17) is 15.0 Å². The monoisotopic (exact) mass is 1040 g/mol. The third-order valence-corrected chi connectivity index (χ3v) is 16.0. The van der Waals surface area contributed by atoms with Crippen LogP contribution >= 0.6 is 0 Å². The number of fused-ring (bicyclic) bond motifs is 6. The number of benzene rings is 9. The Morgan fingerprint density at radius 1 is 0.312 bits per heavy atom. The summed E-state index contributed by atoms with van der Waals surface area (Å²) in [6.45, 7) is 27.3. The minimum Gasteiger partial charge on any atom is -0.309 e. The largest absolute Gasteiger partial charge is 0.309 e. The molecule has 0 amide bonds. The second-order valence-electron chi connectivity index (χ2n) is 25.8. The minimum atomic E-state index is -0.130. The second kappa shape index (κ2) is 19.2. The average Bonchev–Trinajstić information content (AvgIpc) is 4.06. The van der Waals surface area contributed by atoms with Crippen LogP contribution in [0.3, 0.4) is 0 Å². The molecule has 6 heteroatoms. The van der Waals surface area contributed by atoms with Gasteiger partial charge in [-0.1, -0.05) is 186 Å². The molecular weight excluding hydrogens is 973 g/mol. The first kappa shape index (κ1) is 51.8. The second-order valence-corrected chi connectivity index (χ2v) is 25.8. The first-order chi connectivity index (χ1) is 38.1. The van der Waals surface area contributed by atoms with Crippen LogP contribution in [0.5, 0.6) is 0 Å². The maximum Gasteiger partial charge on any atom is 0.164 e. The molecule has 0 aliphatic heterocycles. The Bertz CT molecular complexity index is 4190. The molecule has 0 saturated heterocycles. The Labute approximate surface area is 471 Å². The van der Waals surface area contributed by atoms with Crippen LogP contribution in [0.1, 0.15) is 111 Å². The highest BCUT2D eigenvalue weighted by Gasteiger charge is 2.27. The number of nitriles is 1. The lowest BCUT2D eigenvalue weighted by Crippen LogP contribution is -2.17. The van der Waals surface area contributed by atoms with Crippen molar-refractivity contribution < 1.29 is 0 Å². The zero-order valence-electron chi connectivity index (χ0n) is 48.2. The van der Waals surface area contributed by atoms with E-state index in [0.29, 0.717) is 23.0 Å². The standard InChI is InChI=1S/C74H68N6/c1-71(2,3)52-37-50(38-53(43-52)72(4,5)6)69-76-68(77-70(78-69)51-39-54(73(7,8)9)44-55(40-51)74(10,11)12)49-34-36-67(80-64-27-19-15-23-58(64)59-24-16-20-28-65(59)80)61(42-49)60-41-48(47-31-29-46(45-75)30-32-47)33-35-66(60)79-62-25-17-13-21-56(62)57-22-14-18-26-63(57)79/h13-44H,1-12H3. The Kier molecular flexibility index (Phi) is 12.4. The summed E-state index contributed by atoms with van der Waals surface area (Å²) in [7, 11) is 0. The molecule has 0 N–H and O–H groups in total. The zero-order valence-corrected chi connectivity index (χ0v) is 48.2. The highest BCUT2D eigenvalue weighted by atomic mass is 15.0. The van der Waals surface area contributed by atoms with E-state index in [2.05, 4.69) is 280 Å². The number of hydrogen-bond acceptors (Lipinski definition) is 4. The van der Waals surface area contributed by atoms with Crippen LogP contribution in [0, 0.1) is 11.3 Å². The maximum absolute atomic E-state index is 9.87. The van der Waals surface area contributed by atoms with Gasteiger partial charge in [-0.3, -0.25) is 0 Å². The molecule has 80 heavy (non-hydrogen) atoms. The first-order valence-electron chi connectivity index (χ1n) is 28.0. The van der Waals surface area contributed by atoms with Crippen molar-refractivity contribution in [1.29, 1.82) is 5.26 Å². The minimum absolute atomic E-state index is 0.130. The molecule has 0 fully saturated rings. The summed E-state index contributed by atoms with van der Waals surface area (Å²) in [6.07, 6.45) is 0. The van der Waals surface area contributed by atoms with Crippen LogP contribution in [0.25, 0.3) is 111 Å². The molecule has 0 atom stereocenters. The van der Waals surface area contributed by atoms with Crippen LogP contribution in [0.4, 0.5) is 0 Å². The summed E-state index contributed by atoms with van der Waals surface area (Å²) in [5.74, 6) is 1.84. The van der Waals surface area contributed by atoms with E-state index in [1.165, 1.54) is 43.8 Å². The number of nitrogens with zero attached hydrogens (tertiary/aromatic N) is 6. The number of rotatable bonds is 7. The zero-order chi connectivity index (χ0) is 56.0. The molecule has 12 aromatic rings. The average molecular weight is 1040 g/mol. The van der Waals surface area contributed by atoms with E-state index >= 15 is 0 Å². The van der Waals surface area contributed by atoms with Crippen LogP contribution in [-0.4, -0.2) is 24.1 Å². The molecule has 394 valence electrons. The molecule has 0 radical (unpaired) electrons. The van der Waals surface area contributed by atoms with Crippen molar-refractivity contribution in [1.82, 2.24) is 24.1 Å². The lowest BCUT2D eigenvalue weighted by atomic mass is 9.79. The SMILES string of the molecule is CC(C)(C)c1cc(-c2nc(-c3cc(C(C)(C)C)cc(C(C)(C)C)c3)nc(-c3ccc(-n4c5ccccc5c5ccccc54)c(-c4cc(-c5ccc(C#N)cc5)ccc4-n4c5ccccc5c5ccccc54)c3)n2)cc(C(C)(C)C)c1. The van der Waals surface area contributed by atoms with E-state index < -0.39 is 0 Å². The van der Waals surface area contributed by atoms with E-state index in [0.717, 1.165) is 72.4 Å². The van der Waals surface area contributed by atoms with Gasteiger partial charge in [-0.15, -0.1) is 0 Å². The Morgan fingerprint density at radius 2 is 0.613 bits per heavy atom. The molecule has 0 saturated carbocycles. The topological polar surface area (TPSA) is 72.3 Å². The first-order valence-corrected chi connectivity index (χ1v) is 28.0. The quantitative estimate of drug-likeness (QED) is 0.159. The molecular formula is C74H68N6. The fourth-order valence-electron chi connectivity index (χ4n) is 11.3. The highest BCUT2D eigenvalue weighted by molar-refractivity contribution is 6.11. The van der Waals surface area contributed by atoms with Crippen LogP contribution in [-0.2, 0) is 21.7 Å². The van der Waals surface area contributed by atoms with Gasteiger partial charge in [-0.2, -0.15) is 5.26 Å². The van der Waals surface area contributed by atoms with Gasteiger partial charge in [0.25, 0.3) is 0 Å². The fourth-order valence-corrected chi connectivity index (χ4v) is 11.3. The summed E-state index contributed by atoms with van der Waals surface area (Å²) in [5.41, 5.74) is 18.3. The fraction of sp³-hybridized carbons (Fsp3) is 0.216. The number of aromatic nitrogens is 5. The lowest BCUT2D eigenvalue weighted by Gasteiger charge is -2.26. The van der Waals surface area contributed by atoms with Gasteiger partial charge in [0.2, 0.25) is 0 Å². The maximum atomic E-state index is 9.87. The summed E-state index contributed by atoms with van der Waals surface area (Å²) in [5, 5.41) is 14.6. The lowest BCUT2D eigenvalue weighted by molar-refractivity contribution is 0.568. The van der Waals surface area contributed by atoms with Gasteiger partial charge < -0.3 is 9.13 Å². The Morgan fingerprint density at radius 3 is 0.950 bits per heavy atom.